The molecule has 108 valence electrons. The molecule has 20 heavy (non-hydrogen) atoms. The number of benzene rings is 1. The summed E-state index contributed by atoms with van der Waals surface area (Å²) in [6, 6.07) is 3.41. The molecule has 2 N–H and O–H groups in total. The Bertz CT molecular complexity index is 679. The summed E-state index contributed by atoms with van der Waals surface area (Å²) in [5, 5.41) is 0.859. The molecule has 0 fully saturated rings. The lowest BCUT2D eigenvalue weighted by atomic mass is 9.92. The number of alkyl halides is 1. The molecule has 0 radical (unpaired) electrons. The van der Waals surface area contributed by atoms with Gasteiger partial charge in [-0.3, -0.25) is 4.79 Å². The van der Waals surface area contributed by atoms with Gasteiger partial charge in [0.25, 0.3) is 0 Å². The normalized spacial score (nSPS) is 12.1. The Labute approximate surface area is 131 Å². The van der Waals surface area contributed by atoms with Crippen LogP contribution in [-0.4, -0.2) is 15.5 Å². The van der Waals surface area contributed by atoms with Gasteiger partial charge in [0.15, 0.2) is 0 Å². The highest BCUT2D eigenvalue weighted by atomic mass is 35.5. The highest BCUT2D eigenvalue weighted by molar-refractivity contribution is 6.42. The van der Waals surface area contributed by atoms with Gasteiger partial charge in [0, 0.05) is 6.54 Å². The maximum absolute atomic E-state index is 11.5. The van der Waals surface area contributed by atoms with Crippen LogP contribution in [0, 0.1) is 5.41 Å². The number of amides is 1. The van der Waals surface area contributed by atoms with E-state index in [0.29, 0.717) is 27.9 Å². The molecular weight excluding hydrogens is 321 g/mol. The molecule has 0 aliphatic heterocycles. The third-order valence-electron chi connectivity index (χ3n) is 3.21. The zero-order valence-corrected chi connectivity index (χ0v) is 13.4. The second-order valence-corrected chi connectivity index (χ2v) is 6.33. The van der Waals surface area contributed by atoms with Gasteiger partial charge in [0.1, 0.15) is 5.82 Å². The van der Waals surface area contributed by atoms with Crippen LogP contribution in [0.5, 0.6) is 0 Å². The van der Waals surface area contributed by atoms with Crippen LogP contribution in [0.2, 0.25) is 10.0 Å². The second-order valence-electron chi connectivity index (χ2n) is 5.25. The lowest BCUT2D eigenvalue weighted by molar-refractivity contribution is -0.126. The van der Waals surface area contributed by atoms with Crippen LogP contribution in [0.3, 0.4) is 0 Å². The van der Waals surface area contributed by atoms with Crippen molar-refractivity contribution in [2.24, 2.45) is 11.1 Å². The lowest BCUT2D eigenvalue weighted by Gasteiger charge is -2.22. The molecule has 0 bridgehead atoms. The molecule has 1 heterocycles. The van der Waals surface area contributed by atoms with E-state index in [1.165, 1.54) is 0 Å². The van der Waals surface area contributed by atoms with E-state index in [1.807, 2.05) is 4.57 Å². The zero-order chi connectivity index (χ0) is 15.1. The summed E-state index contributed by atoms with van der Waals surface area (Å²) in [6.07, 6.45) is 0. The first-order valence-corrected chi connectivity index (χ1v) is 7.25. The minimum Gasteiger partial charge on any atom is -0.369 e. The second kappa shape index (κ2) is 5.43. The van der Waals surface area contributed by atoms with Crippen molar-refractivity contribution < 1.29 is 4.79 Å². The number of fused-ring (bicyclic) bond motifs is 1. The van der Waals surface area contributed by atoms with Gasteiger partial charge < -0.3 is 10.3 Å². The third kappa shape index (κ3) is 2.73. The van der Waals surface area contributed by atoms with E-state index in [-0.39, 0.29) is 11.8 Å². The van der Waals surface area contributed by atoms with E-state index in [9.17, 15) is 4.79 Å². The third-order valence-corrected chi connectivity index (χ3v) is 4.17. The Morgan fingerprint density at radius 1 is 1.35 bits per heavy atom. The van der Waals surface area contributed by atoms with Gasteiger partial charge in [-0.25, -0.2) is 4.98 Å². The van der Waals surface area contributed by atoms with Gasteiger partial charge in [0.2, 0.25) is 5.91 Å². The summed E-state index contributed by atoms with van der Waals surface area (Å²) in [5.41, 5.74) is 6.17. The van der Waals surface area contributed by atoms with Crippen molar-refractivity contribution in [2.45, 2.75) is 26.3 Å². The minimum absolute atomic E-state index is 0.221. The Hall–Kier alpha value is -0.970. The number of hydrogen-bond acceptors (Lipinski definition) is 2. The maximum atomic E-state index is 11.5. The molecule has 4 nitrogen and oxygen atoms in total. The van der Waals surface area contributed by atoms with Crippen molar-refractivity contribution in [3.05, 3.63) is 28.0 Å². The first kappa shape index (κ1) is 15.4. The van der Waals surface area contributed by atoms with Crippen molar-refractivity contribution in [1.29, 1.82) is 0 Å². The van der Waals surface area contributed by atoms with Gasteiger partial charge in [-0.1, -0.05) is 23.2 Å². The number of carbonyl (C=O) groups excluding carboxylic acids is 1. The average molecular weight is 335 g/mol. The number of rotatable bonds is 4. The van der Waals surface area contributed by atoms with E-state index < -0.39 is 5.41 Å². The van der Waals surface area contributed by atoms with Gasteiger partial charge in [-0.2, -0.15) is 0 Å². The highest BCUT2D eigenvalue weighted by Gasteiger charge is 2.27. The lowest BCUT2D eigenvalue weighted by Crippen LogP contribution is -2.35. The fourth-order valence-corrected chi connectivity index (χ4v) is 2.44. The average Bonchev–Trinajstić information content (AvgIpc) is 2.67. The van der Waals surface area contributed by atoms with E-state index in [1.54, 1.807) is 26.0 Å². The van der Waals surface area contributed by atoms with Crippen LogP contribution in [-0.2, 0) is 17.2 Å². The molecule has 0 unspecified atom stereocenters. The molecule has 2 aromatic rings. The van der Waals surface area contributed by atoms with E-state index in [4.69, 9.17) is 40.5 Å². The largest absolute Gasteiger partial charge is 0.369 e. The molecule has 7 heteroatoms. The number of nitrogens with two attached hydrogens (primary N) is 1. The fourth-order valence-electron chi connectivity index (χ4n) is 1.92. The van der Waals surface area contributed by atoms with Gasteiger partial charge in [-0.15, -0.1) is 11.6 Å². The Morgan fingerprint density at radius 2 is 1.95 bits per heavy atom. The molecule has 1 aromatic carbocycles. The summed E-state index contributed by atoms with van der Waals surface area (Å²) in [5.74, 6) is 0.480. The monoisotopic (exact) mass is 333 g/mol. The quantitative estimate of drug-likeness (QED) is 0.869. The molecule has 2 rings (SSSR count). The van der Waals surface area contributed by atoms with E-state index in [0.717, 1.165) is 5.52 Å². The molecule has 0 saturated heterocycles. The summed E-state index contributed by atoms with van der Waals surface area (Å²) in [4.78, 5) is 15.9. The smallest absolute Gasteiger partial charge is 0.224 e. The number of carbonyl (C=O) groups is 1. The highest BCUT2D eigenvalue weighted by Crippen LogP contribution is 2.30. The summed E-state index contributed by atoms with van der Waals surface area (Å²) in [7, 11) is 0. The molecule has 0 atom stereocenters. The topological polar surface area (TPSA) is 60.9 Å². The van der Waals surface area contributed by atoms with Gasteiger partial charge in [0.05, 0.1) is 32.4 Å². The number of aromatic nitrogens is 2. The number of hydrogen-bond donors (Lipinski definition) is 1. The van der Waals surface area contributed by atoms with Crippen molar-refractivity contribution in [2.75, 3.05) is 0 Å². The molecular formula is C13H14Cl3N3O. The Balaban J connectivity index is 2.61. The summed E-state index contributed by atoms with van der Waals surface area (Å²) in [6.45, 7) is 3.92. The molecule has 0 saturated carbocycles. The molecule has 1 amide bonds. The van der Waals surface area contributed by atoms with E-state index in [2.05, 4.69) is 4.98 Å². The molecule has 1 aromatic heterocycles. The van der Waals surface area contributed by atoms with Crippen LogP contribution >= 0.6 is 34.8 Å². The maximum Gasteiger partial charge on any atom is 0.224 e. The van der Waals surface area contributed by atoms with Crippen LogP contribution in [0.4, 0.5) is 0 Å². The number of nitrogens with zero attached hydrogens (tertiary/aromatic N) is 2. The van der Waals surface area contributed by atoms with Crippen molar-refractivity contribution in [1.82, 2.24) is 9.55 Å². The standard InChI is InChI=1S/C13H14Cl3N3O/c1-13(2,12(17)20)6-19-10-4-8(16)7(15)3-9(10)18-11(19)5-14/h3-4H,5-6H2,1-2H3,(H2,17,20). The first-order chi connectivity index (χ1) is 9.26. The number of imidazole rings is 1. The summed E-state index contributed by atoms with van der Waals surface area (Å²) < 4.78 is 1.86. The number of halogens is 3. The molecule has 0 aliphatic carbocycles. The zero-order valence-electron chi connectivity index (χ0n) is 11.1. The van der Waals surface area contributed by atoms with Crippen molar-refractivity contribution >= 4 is 51.7 Å². The van der Waals surface area contributed by atoms with E-state index >= 15 is 0 Å². The minimum atomic E-state index is -0.722. The Morgan fingerprint density at radius 3 is 2.50 bits per heavy atom. The fraction of sp³-hybridized carbons (Fsp3) is 0.385. The van der Waals surface area contributed by atoms with Crippen molar-refractivity contribution in [3.63, 3.8) is 0 Å². The summed E-state index contributed by atoms with van der Waals surface area (Å²) >= 11 is 18.0. The predicted molar refractivity (Wildman–Crippen MR) is 82.3 cm³/mol. The SMILES string of the molecule is CC(C)(Cn1c(CCl)nc2cc(Cl)c(Cl)cc21)C(N)=O. The predicted octanol–water partition coefficient (Wildman–Crippen LogP) is 3.59. The first-order valence-electron chi connectivity index (χ1n) is 5.96. The van der Waals surface area contributed by atoms with Crippen LogP contribution in [0.15, 0.2) is 12.1 Å². The van der Waals surface area contributed by atoms with Crippen molar-refractivity contribution in [3.8, 4) is 0 Å². The molecule has 0 aliphatic rings. The van der Waals surface area contributed by atoms with Crippen LogP contribution < -0.4 is 5.73 Å². The Kier molecular flexibility index (Phi) is 4.19. The van der Waals surface area contributed by atoms with Gasteiger partial charge in [-0.05, 0) is 26.0 Å². The molecule has 0 spiro atoms. The van der Waals surface area contributed by atoms with Gasteiger partial charge >= 0.3 is 0 Å². The van der Waals surface area contributed by atoms with Crippen LogP contribution in [0.1, 0.15) is 19.7 Å². The number of primary amides is 1. The van der Waals surface area contributed by atoms with Crippen LogP contribution in [0.25, 0.3) is 11.0 Å².